The van der Waals surface area contributed by atoms with Crippen molar-refractivity contribution in [2.24, 2.45) is 5.92 Å². The molecule has 2 N–H and O–H groups in total. The van der Waals surface area contributed by atoms with E-state index in [1.54, 1.807) is 28.9 Å². The zero-order chi connectivity index (χ0) is 22.0. The maximum atomic E-state index is 13.9. The minimum Gasteiger partial charge on any atom is -0.340 e. The van der Waals surface area contributed by atoms with Gasteiger partial charge in [0.1, 0.15) is 11.9 Å². The van der Waals surface area contributed by atoms with Crippen molar-refractivity contribution in [1.82, 2.24) is 25.5 Å². The first-order valence-electron chi connectivity index (χ1n) is 10.2. The number of benzene rings is 2. The second kappa shape index (κ2) is 8.63. The number of tetrazole rings is 1. The van der Waals surface area contributed by atoms with Gasteiger partial charge in [0.05, 0.1) is 11.6 Å². The van der Waals surface area contributed by atoms with Gasteiger partial charge < -0.3 is 10.6 Å². The van der Waals surface area contributed by atoms with Gasteiger partial charge in [0, 0.05) is 11.3 Å². The smallest absolute Gasteiger partial charge is 0.254 e. The van der Waals surface area contributed by atoms with Crippen LogP contribution in [0.25, 0.3) is 11.4 Å². The number of carbonyl (C=O) groups is 2. The Kier molecular flexibility index (Phi) is 5.75. The van der Waals surface area contributed by atoms with Gasteiger partial charge in [-0.15, -0.1) is 5.10 Å². The van der Waals surface area contributed by atoms with E-state index in [1.807, 2.05) is 19.9 Å². The Morgan fingerprint density at radius 1 is 1.13 bits per heavy atom. The maximum Gasteiger partial charge on any atom is 0.254 e. The molecule has 0 radical (unpaired) electrons. The molecule has 1 fully saturated rings. The third kappa shape index (κ3) is 4.60. The fourth-order valence-corrected chi connectivity index (χ4v) is 3.30. The molecule has 0 aliphatic heterocycles. The maximum absolute atomic E-state index is 13.9. The summed E-state index contributed by atoms with van der Waals surface area (Å²) in [5, 5.41) is 17.4. The van der Waals surface area contributed by atoms with Crippen LogP contribution in [0.4, 0.5) is 10.1 Å². The molecule has 0 spiro atoms. The van der Waals surface area contributed by atoms with Crippen molar-refractivity contribution in [3.05, 3.63) is 59.9 Å². The molecular formula is C22H23FN6O2. The van der Waals surface area contributed by atoms with Crippen LogP contribution in [0.5, 0.6) is 0 Å². The quantitative estimate of drug-likeness (QED) is 0.609. The minimum atomic E-state index is -0.840. The largest absolute Gasteiger partial charge is 0.340 e. The first kappa shape index (κ1) is 20.6. The number of rotatable bonds is 7. The van der Waals surface area contributed by atoms with Gasteiger partial charge in [0.2, 0.25) is 5.91 Å². The van der Waals surface area contributed by atoms with Crippen molar-refractivity contribution in [1.29, 1.82) is 0 Å². The van der Waals surface area contributed by atoms with Crippen molar-refractivity contribution in [3.63, 3.8) is 0 Å². The number of amides is 2. The molecule has 1 aromatic heterocycles. The molecule has 1 unspecified atom stereocenters. The SMILES string of the molecule is CC(C)C(NC(=O)c1ccccc1F)C(=O)Nc1cccc(-c2nnnn2C2CC2)c1. The Labute approximate surface area is 178 Å². The van der Waals surface area contributed by atoms with Gasteiger partial charge in [-0.3, -0.25) is 9.59 Å². The second-order valence-electron chi connectivity index (χ2n) is 7.92. The van der Waals surface area contributed by atoms with Gasteiger partial charge >= 0.3 is 0 Å². The molecule has 1 aliphatic carbocycles. The molecule has 160 valence electrons. The summed E-state index contributed by atoms with van der Waals surface area (Å²) in [6, 6.07) is 12.4. The van der Waals surface area contributed by atoms with Crippen LogP contribution in [0.3, 0.4) is 0 Å². The predicted molar refractivity (Wildman–Crippen MR) is 113 cm³/mol. The van der Waals surface area contributed by atoms with Gasteiger partial charge in [-0.05, 0) is 53.5 Å². The average molecular weight is 422 g/mol. The number of carbonyl (C=O) groups excluding carboxylic acids is 2. The van der Waals surface area contributed by atoms with Gasteiger partial charge in [-0.1, -0.05) is 38.1 Å². The van der Waals surface area contributed by atoms with Crippen LogP contribution in [-0.4, -0.2) is 38.1 Å². The molecule has 0 bridgehead atoms. The fraction of sp³-hybridized carbons (Fsp3) is 0.318. The molecule has 1 aliphatic rings. The summed E-state index contributed by atoms with van der Waals surface area (Å²) in [4.78, 5) is 25.4. The zero-order valence-electron chi connectivity index (χ0n) is 17.2. The standard InChI is InChI=1S/C22H23FN6O2/c1-13(2)19(25-21(30)17-8-3-4-9-18(17)23)22(31)24-15-7-5-6-14(12-15)20-26-27-28-29(20)16-10-11-16/h3-9,12-13,16,19H,10-11H2,1-2H3,(H,24,31)(H,25,30). The number of hydrogen-bond acceptors (Lipinski definition) is 5. The summed E-state index contributed by atoms with van der Waals surface area (Å²) in [5.74, 6) is -1.22. The van der Waals surface area contributed by atoms with Crippen LogP contribution in [0.1, 0.15) is 43.1 Å². The molecule has 31 heavy (non-hydrogen) atoms. The monoisotopic (exact) mass is 422 g/mol. The minimum absolute atomic E-state index is 0.102. The number of halogens is 1. The van der Waals surface area contributed by atoms with Crippen molar-refractivity contribution in [3.8, 4) is 11.4 Å². The van der Waals surface area contributed by atoms with Crippen molar-refractivity contribution in [2.75, 3.05) is 5.32 Å². The highest BCUT2D eigenvalue weighted by atomic mass is 19.1. The van der Waals surface area contributed by atoms with Crippen LogP contribution >= 0.6 is 0 Å². The third-order valence-corrected chi connectivity index (χ3v) is 5.13. The predicted octanol–water partition coefficient (Wildman–Crippen LogP) is 3.21. The Bertz CT molecular complexity index is 1110. The first-order chi connectivity index (χ1) is 14.9. The molecule has 4 rings (SSSR count). The summed E-state index contributed by atoms with van der Waals surface area (Å²) < 4.78 is 15.7. The number of nitrogens with one attached hydrogen (secondary N) is 2. The molecule has 8 nitrogen and oxygen atoms in total. The lowest BCUT2D eigenvalue weighted by molar-refractivity contribution is -0.118. The number of anilines is 1. The van der Waals surface area contributed by atoms with E-state index in [1.165, 1.54) is 18.2 Å². The lowest BCUT2D eigenvalue weighted by Crippen LogP contribution is -2.47. The van der Waals surface area contributed by atoms with Gasteiger partial charge in [0.25, 0.3) is 5.91 Å². The van der Waals surface area contributed by atoms with Gasteiger partial charge in [-0.2, -0.15) is 0 Å². The summed E-state index contributed by atoms with van der Waals surface area (Å²) in [7, 11) is 0. The molecule has 0 saturated heterocycles. The van der Waals surface area contributed by atoms with E-state index >= 15 is 0 Å². The number of aromatic nitrogens is 4. The molecule has 2 aromatic carbocycles. The van der Waals surface area contributed by atoms with E-state index in [9.17, 15) is 14.0 Å². The highest BCUT2D eigenvalue weighted by molar-refractivity contribution is 6.01. The van der Waals surface area contributed by atoms with Crippen LogP contribution in [0.2, 0.25) is 0 Å². The highest BCUT2D eigenvalue weighted by Gasteiger charge is 2.29. The zero-order valence-corrected chi connectivity index (χ0v) is 17.2. The van der Waals surface area contributed by atoms with E-state index in [4.69, 9.17) is 0 Å². The van der Waals surface area contributed by atoms with E-state index < -0.39 is 23.7 Å². The van der Waals surface area contributed by atoms with E-state index in [-0.39, 0.29) is 11.5 Å². The molecule has 1 heterocycles. The summed E-state index contributed by atoms with van der Waals surface area (Å²) in [6.45, 7) is 3.62. The Balaban J connectivity index is 1.50. The van der Waals surface area contributed by atoms with Crippen molar-refractivity contribution < 1.29 is 14.0 Å². The van der Waals surface area contributed by atoms with Crippen molar-refractivity contribution in [2.45, 2.75) is 38.8 Å². The highest BCUT2D eigenvalue weighted by Crippen LogP contribution is 2.36. The van der Waals surface area contributed by atoms with Gasteiger partial charge in [0.15, 0.2) is 5.82 Å². The molecule has 2 amide bonds. The third-order valence-electron chi connectivity index (χ3n) is 5.13. The fourth-order valence-electron chi connectivity index (χ4n) is 3.30. The van der Waals surface area contributed by atoms with Crippen LogP contribution in [0, 0.1) is 11.7 Å². The summed E-state index contributed by atoms with van der Waals surface area (Å²) >= 11 is 0. The summed E-state index contributed by atoms with van der Waals surface area (Å²) in [6.07, 6.45) is 2.10. The summed E-state index contributed by atoms with van der Waals surface area (Å²) in [5.41, 5.74) is 1.24. The topological polar surface area (TPSA) is 102 Å². The lowest BCUT2D eigenvalue weighted by atomic mass is 10.0. The van der Waals surface area contributed by atoms with E-state index in [0.29, 0.717) is 17.6 Å². The molecule has 1 atom stereocenters. The first-order valence-corrected chi connectivity index (χ1v) is 10.2. The normalized spacial score (nSPS) is 14.3. The average Bonchev–Trinajstić information content (AvgIpc) is 3.48. The number of nitrogens with zero attached hydrogens (tertiary/aromatic N) is 4. The van der Waals surface area contributed by atoms with Crippen LogP contribution in [-0.2, 0) is 4.79 Å². The van der Waals surface area contributed by atoms with E-state index in [0.717, 1.165) is 18.4 Å². The van der Waals surface area contributed by atoms with E-state index in [2.05, 4.69) is 26.2 Å². The molecule has 3 aromatic rings. The van der Waals surface area contributed by atoms with Crippen LogP contribution < -0.4 is 10.6 Å². The molecular weight excluding hydrogens is 399 g/mol. The molecule has 9 heteroatoms. The molecule has 1 saturated carbocycles. The van der Waals surface area contributed by atoms with Crippen molar-refractivity contribution >= 4 is 17.5 Å². The second-order valence-corrected chi connectivity index (χ2v) is 7.92. The Morgan fingerprint density at radius 3 is 2.61 bits per heavy atom. The number of hydrogen-bond donors (Lipinski definition) is 2. The Hall–Kier alpha value is -3.62. The van der Waals surface area contributed by atoms with Crippen LogP contribution in [0.15, 0.2) is 48.5 Å². The van der Waals surface area contributed by atoms with Gasteiger partial charge in [-0.25, -0.2) is 9.07 Å². The Morgan fingerprint density at radius 2 is 1.90 bits per heavy atom. The lowest BCUT2D eigenvalue weighted by Gasteiger charge is -2.22.